The molecule has 3 heteroatoms. The minimum Gasteiger partial charge on any atom is -0.342 e. The number of amides is 1. The quantitative estimate of drug-likeness (QED) is 0.738. The molecular formula is C25H42N2O. The third-order valence-electron chi connectivity index (χ3n) is 10.4. The molecule has 1 saturated heterocycles. The maximum Gasteiger partial charge on any atom is 0.222 e. The fraction of sp³-hybridized carbons (Fsp3) is 0.960. The average molecular weight is 387 g/mol. The SMILES string of the molecule is CCCC1C[C@H]2[C@@H]3CCC4N(C)C(=O)CC[C@]4(C)[C@@H]3CC[C@]2(C)C1NC1CC1. The fourth-order valence-corrected chi connectivity index (χ4v) is 8.81. The highest BCUT2D eigenvalue weighted by Crippen LogP contribution is 2.66. The summed E-state index contributed by atoms with van der Waals surface area (Å²) in [5.74, 6) is 3.91. The third kappa shape index (κ3) is 2.74. The van der Waals surface area contributed by atoms with Gasteiger partial charge in [-0.2, -0.15) is 0 Å². The lowest BCUT2D eigenvalue weighted by Crippen LogP contribution is -2.62. The number of fused-ring (bicyclic) bond motifs is 5. The minimum atomic E-state index is 0.356. The molecule has 5 rings (SSSR count). The van der Waals surface area contributed by atoms with Crippen molar-refractivity contribution < 1.29 is 4.79 Å². The Morgan fingerprint density at radius 2 is 1.82 bits per heavy atom. The number of nitrogens with zero attached hydrogens (tertiary/aromatic N) is 1. The van der Waals surface area contributed by atoms with Crippen molar-refractivity contribution in [1.29, 1.82) is 0 Å². The Balaban J connectivity index is 1.42. The maximum absolute atomic E-state index is 12.4. The van der Waals surface area contributed by atoms with Crippen LogP contribution in [0.1, 0.15) is 91.4 Å². The molecule has 3 nitrogen and oxygen atoms in total. The summed E-state index contributed by atoms with van der Waals surface area (Å²) >= 11 is 0. The monoisotopic (exact) mass is 386 g/mol. The molecule has 0 aromatic carbocycles. The zero-order chi connectivity index (χ0) is 19.7. The van der Waals surface area contributed by atoms with Crippen molar-refractivity contribution in [3.63, 3.8) is 0 Å². The lowest BCUT2D eigenvalue weighted by Gasteiger charge is -2.61. The lowest BCUT2D eigenvalue weighted by molar-refractivity contribution is -0.157. The summed E-state index contributed by atoms with van der Waals surface area (Å²) in [5, 5.41) is 4.15. The molecule has 8 atom stereocenters. The van der Waals surface area contributed by atoms with Gasteiger partial charge >= 0.3 is 0 Å². The number of nitrogens with one attached hydrogen (secondary N) is 1. The van der Waals surface area contributed by atoms with Gasteiger partial charge in [0, 0.05) is 31.6 Å². The Hall–Kier alpha value is -0.570. The maximum atomic E-state index is 12.4. The van der Waals surface area contributed by atoms with Crippen molar-refractivity contribution in [2.75, 3.05) is 7.05 Å². The molecule has 4 saturated carbocycles. The van der Waals surface area contributed by atoms with Gasteiger partial charge in [0.25, 0.3) is 0 Å². The normalized spacial score (nSPS) is 50.9. The van der Waals surface area contributed by atoms with Gasteiger partial charge in [0.1, 0.15) is 0 Å². The van der Waals surface area contributed by atoms with E-state index in [9.17, 15) is 4.79 Å². The van der Waals surface area contributed by atoms with Crippen molar-refractivity contribution in [2.45, 2.75) is 110 Å². The Bertz CT molecular complexity index is 630. The van der Waals surface area contributed by atoms with Gasteiger partial charge in [-0.15, -0.1) is 0 Å². The molecule has 1 heterocycles. The van der Waals surface area contributed by atoms with E-state index in [1.807, 2.05) is 0 Å². The fourth-order valence-electron chi connectivity index (χ4n) is 8.81. The first-order valence-corrected chi connectivity index (χ1v) is 12.4. The van der Waals surface area contributed by atoms with Crippen molar-refractivity contribution in [3.05, 3.63) is 0 Å². The molecule has 0 spiro atoms. The summed E-state index contributed by atoms with van der Waals surface area (Å²) in [6.07, 6.45) is 14.3. The van der Waals surface area contributed by atoms with Gasteiger partial charge in [-0.3, -0.25) is 4.79 Å². The highest BCUT2D eigenvalue weighted by Gasteiger charge is 2.63. The molecule has 0 aromatic heterocycles. The summed E-state index contributed by atoms with van der Waals surface area (Å²) in [6, 6.07) is 2.07. The molecule has 3 unspecified atom stereocenters. The number of rotatable bonds is 4. The van der Waals surface area contributed by atoms with Crippen molar-refractivity contribution in [1.82, 2.24) is 10.2 Å². The highest BCUT2D eigenvalue weighted by atomic mass is 16.2. The second-order valence-corrected chi connectivity index (χ2v) is 11.7. The molecule has 0 aromatic rings. The number of hydrogen-bond donors (Lipinski definition) is 1. The third-order valence-corrected chi connectivity index (χ3v) is 10.4. The van der Waals surface area contributed by atoms with E-state index in [1.165, 1.54) is 57.8 Å². The van der Waals surface area contributed by atoms with E-state index in [-0.39, 0.29) is 0 Å². The van der Waals surface area contributed by atoms with E-state index in [1.54, 1.807) is 0 Å². The van der Waals surface area contributed by atoms with Gasteiger partial charge in [0.2, 0.25) is 5.91 Å². The van der Waals surface area contributed by atoms with Gasteiger partial charge in [-0.1, -0.05) is 27.2 Å². The van der Waals surface area contributed by atoms with Crippen molar-refractivity contribution in [3.8, 4) is 0 Å². The van der Waals surface area contributed by atoms with Crippen LogP contribution in [-0.4, -0.2) is 36.0 Å². The molecule has 28 heavy (non-hydrogen) atoms. The Labute approximate surface area is 172 Å². The van der Waals surface area contributed by atoms with Gasteiger partial charge in [0.15, 0.2) is 0 Å². The van der Waals surface area contributed by atoms with Crippen LogP contribution in [0.25, 0.3) is 0 Å². The van der Waals surface area contributed by atoms with Crippen LogP contribution in [0, 0.1) is 34.5 Å². The highest BCUT2D eigenvalue weighted by molar-refractivity contribution is 5.77. The molecule has 5 aliphatic rings. The zero-order valence-electron chi connectivity index (χ0n) is 18.7. The van der Waals surface area contributed by atoms with E-state index >= 15 is 0 Å². The second kappa shape index (κ2) is 6.72. The van der Waals surface area contributed by atoms with Crippen LogP contribution in [0.3, 0.4) is 0 Å². The number of carbonyl (C=O) groups is 1. The van der Waals surface area contributed by atoms with E-state index in [0.717, 1.165) is 48.6 Å². The summed E-state index contributed by atoms with van der Waals surface area (Å²) < 4.78 is 0. The van der Waals surface area contributed by atoms with E-state index < -0.39 is 0 Å². The molecule has 0 bridgehead atoms. The van der Waals surface area contributed by atoms with Crippen LogP contribution in [0.4, 0.5) is 0 Å². The summed E-state index contributed by atoms with van der Waals surface area (Å²) in [5.41, 5.74) is 0.859. The van der Waals surface area contributed by atoms with Crippen LogP contribution in [0.5, 0.6) is 0 Å². The first kappa shape index (κ1) is 19.4. The summed E-state index contributed by atoms with van der Waals surface area (Å²) in [7, 11) is 2.08. The molecule has 4 aliphatic carbocycles. The van der Waals surface area contributed by atoms with Gasteiger partial charge in [-0.05, 0) is 92.3 Å². The Morgan fingerprint density at radius 1 is 1.04 bits per heavy atom. The van der Waals surface area contributed by atoms with E-state index in [2.05, 4.69) is 38.0 Å². The Kier molecular flexibility index (Phi) is 4.66. The summed E-state index contributed by atoms with van der Waals surface area (Å²) in [4.78, 5) is 14.5. The molecular weight excluding hydrogens is 344 g/mol. The van der Waals surface area contributed by atoms with Crippen LogP contribution in [0.15, 0.2) is 0 Å². The molecule has 0 radical (unpaired) electrons. The molecule has 1 N–H and O–H groups in total. The Morgan fingerprint density at radius 3 is 2.54 bits per heavy atom. The van der Waals surface area contributed by atoms with Crippen LogP contribution >= 0.6 is 0 Å². The number of hydrogen-bond acceptors (Lipinski definition) is 2. The number of piperidine rings is 1. The first-order chi connectivity index (χ1) is 13.4. The van der Waals surface area contributed by atoms with E-state index in [4.69, 9.17) is 0 Å². The smallest absolute Gasteiger partial charge is 0.222 e. The standard InChI is InChI=1S/C25H42N2O/c1-5-6-16-15-20-18-9-10-21-24(2,14-12-22(28)27(21)4)19(18)11-13-25(20,3)23(16)26-17-7-8-17/h16-21,23,26H,5-15H2,1-4H3/t16?,18-,19-,20+,21?,23?,24-,25+/m1/s1. The van der Waals surface area contributed by atoms with Crippen LogP contribution in [0.2, 0.25) is 0 Å². The molecule has 158 valence electrons. The van der Waals surface area contributed by atoms with Gasteiger partial charge in [-0.25, -0.2) is 0 Å². The number of carbonyl (C=O) groups excluding carboxylic acids is 1. The van der Waals surface area contributed by atoms with Crippen LogP contribution in [-0.2, 0) is 4.79 Å². The molecule has 5 fully saturated rings. The van der Waals surface area contributed by atoms with E-state index in [0.29, 0.717) is 22.8 Å². The second-order valence-electron chi connectivity index (χ2n) is 11.7. The predicted octanol–water partition coefficient (Wildman–Crippen LogP) is 5.00. The summed E-state index contributed by atoms with van der Waals surface area (Å²) in [6.45, 7) is 7.59. The lowest BCUT2D eigenvalue weighted by atomic mass is 9.47. The van der Waals surface area contributed by atoms with Crippen molar-refractivity contribution in [2.24, 2.45) is 34.5 Å². The predicted molar refractivity (Wildman–Crippen MR) is 114 cm³/mol. The van der Waals surface area contributed by atoms with Gasteiger partial charge in [0.05, 0.1) is 0 Å². The topological polar surface area (TPSA) is 32.3 Å². The zero-order valence-corrected chi connectivity index (χ0v) is 18.7. The average Bonchev–Trinajstić information content (AvgIpc) is 3.44. The first-order valence-electron chi connectivity index (χ1n) is 12.4. The van der Waals surface area contributed by atoms with Gasteiger partial charge < -0.3 is 10.2 Å². The molecule has 1 amide bonds. The van der Waals surface area contributed by atoms with Crippen molar-refractivity contribution >= 4 is 5.91 Å². The molecule has 1 aliphatic heterocycles. The van der Waals surface area contributed by atoms with Crippen LogP contribution < -0.4 is 5.32 Å². The number of likely N-dealkylation sites (tertiary alicyclic amines) is 1. The largest absolute Gasteiger partial charge is 0.342 e. The minimum absolute atomic E-state index is 0.356.